The number of hydrogen-bond acceptors (Lipinski definition) is 1. The lowest BCUT2D eigenvalue weighted by atomic mass is 10.0. The summed E-state index contributed by atoms with van der Waals surface area (Å²) in [6.07, 6.45) is 2.18. The normalized spacial score (nSPS) is 11.6. The van der Waals surface area contributed by atoms with E-state index in [1.165, 1.54) is 43.5 Å². The first-order chi connectivity index (χ1) is 21.8. The third-order valence-corrected chi connectivity index (χ3v) is 8.75. The van der Waals surface area contributed by atoms with Crippen LogP contribution in [0.1, 0.15) is 0 Å². The zero-order valence-electron chi connectivity index (χ0n) is 23.9. The van der Waals surface area contributed by atoms with Gasteiger partial charge in [-0.2, -0.15) is 0 Å². The van der Waals surface area contributed by atoms with Crippen molar-refractivity contribution >= 4 is 43.5 Å². The lowest BCUT2D eigenvalue weighted by molar-refractivity contribution is 1.09. The van der Waals surface area contributed by atoms with Gasteiger partial charge in [0.1, 0.15) is 5.82 Å². The topological polar surface area (TPSA) is 22.8 Å². The predicted octanol–water partition coefficient (Wildman–Crippen LogP) is 10.6. The molecule has 3 heterocycles. The van der Waals surface area contributed by atoms with E-state index in [1.807, 2.05) is 0 Å². The van der Waals surface area contributed by atoms with Crippen molar-refractivity contribution in [3.05, 3.63) is 164 Å². The van der Waals surface area contributed by atoms with Crippen LogP contribution in [-0.4, -0.2) is 14.1 Å². The highest BCUT2D eigenvalue weighted by atomic mass is 15.1. The molecule has 0 aliphatic carbocycles. The molecule has 0 saturated heterocycles. The van der Waals surface area contributed by atoms with E-state index >= 15 is 0 Å². The van der Waals surface area contributed by atoms with Crippen molar-refractivity contribution in [2.45, 2.75) is 0 Å². The Balaban J connectivity index is 1.37. The minimum absolute atomic E-state index is 0.908. The standard InChI is InChI=1S/C41H27N3/c1-4-12-28(13-5-1)30-26-37(29-14-6-2-7-15-29)42-40(27-30)44-39-19-11-10-18-33(39)36-21-20-32-34-24-25-43(31-16-8-3-9-17-31)38(34)23-22-35(32)41(36)44/h1-27H. The zero-order chi connectivity index (χ0) is 29.0. The number of fused-ring (bicyclic) bond motifs is 7. The van der Waals surface area contributed by atoms with Gasteiger partial charge in [-0.1, -0.05) is 115 Å². The summed E-state index contributed by atoms with van der Waals surface area (Å²) in [5.74, 6) is 0.908. The van der Waals surface area contributed by atoms with Gasteiger partial charge in [-0.3, -0.25) is 4.57 Å². The second-order valence-electron chi connectivity index (χ2n) is 11.3. The van der Waals surface area contributed by atoms with E-state index in [0.29, 0.717) is 0 Å². The molecule has 0 radical (unpaired) electrons. The van der Waals surface area contributed by atoms with Crippen LogP contribution in [0.25, 0.3) is 77.4 Å². The first-order valence-electron chi connectivity index (χ1n) is 15.0. The fraction of sp³-hybridized carbons (Fsp3) is 0. The second-order valence-corrected chi connectivity index (χ2v) is 11.3. The number of benzene rings is 6. The van der Waals surface area contributed by atoms with E-state index in [4.69, 9.17) is 4.98 Å². The lowest BCUT2D eigenvalue weighted by Gasteiger charge is -2.14. The molecule has 0 fully saturated rings. The summed E-state index contributed by atoms with van der Waals surface area (Å²) in [5, 5.41) is 6.13. The number of aromatic nitrogens is 3. The highest BCUT2D eigenvalue weighted by molar-refractivity contribution is 6.22. The largest absolute Gasteiger partial charge is 0.317 e. The monoisotopic (exact) mass is 561 g/mol. The molecular weight excluding hydrogens is 534 g/mol. The fourth-order valence-corrected chi connectivity index (χ4v) is 6.73. The third kappa shape index (κ3) is 3.80. The summed E-state index contributed by atoms with van der Waals surface area (Å²) in [6, 6.07) is 56.1. The number of rotatable bonds is 4. The van der Waals surface area contributed by atoms with Gasteiger partial charge in [-0.05, 0) is 59.0 Å². The van der Waals surface area contributed by atoms with Crippen LogP contribution >= 0.6 is 0 Å². The van der Waals surface area contributed by atoms with Gasteiger partial charge in [0.25, 0.3) is 0 Å². The molecule has 0 spiro atoms. The minimum atomic E-state index is 0.908. The first-order valence-corrected chi connectivity index (χ1v) is 15.0. The molecule has 0 aliphatic rings. The van der Waals surface area contributed by atoms with Gasteiger partial charge in [0.2, 0.25) is 0 Å². The smallest absolute Gasteiger partial charge is 0.138 e. The number of nitrogens with zero attached hydrogens (tertiary/aromatic N) is 3. The number of pyridine rings is 1. The fourth-order valence-electron chi connectivity index (χ4n) is 6.73. The predicted molar refractivity (Wildman–Crippen MR) is 184 cm³/mol. The highest BCUT2D eigenvalue weighted by Gasteiger charge is 2.19. The zero-order valence-corrected chi connectivity index (χ0v) is 23.9. The maximum Gasteiger partial charge on any atom is 0.138 e. The van der Waals surface area contributed by atoms with E-state index < -0.39 is 0 Å². The summed E-state index contributed by atoms with van der Waals surface area (Å²) in [5.41, 5.74) is 9.04. The van der Waals surface area contributed by atoms with Crippen LogP contribution in [-0.2, 0) is 0 Å². The van der Waals surface area contributed by atoms with Gasteiger partial charge in [0.15, 0.2) is 0 Å². The molecular formula is C41H27N3. The first kappa shape index (κ1) is 24.6. The van der Waals surface area contributed by atoms with Gasteiger partial charge in [-0.25, -0.2) is 4.98 Å². The summed E-state index contributed by atoms with van der Waals surface area (Å²) < 4.78 is 4.64. The van der Waals surface area contributed by atoms with Crippen LogP contribution in [0, 0.1) is 0 Å². The van der Waals surface area contributed by atoms with Crippen LogP contribution in [0.4, 0.5) is 0 Å². The molecule has 3 heteroatoms. The minimum Gasteiger partial charge on any atom is -0.317 e. The molecule has 0 N–H and O–H groups in total. The maximum atomic E-state index is 5.34. The SMILES string of the molecule is c1ccc(-c2cc(-c3ccccc3)nc(-n3c4ccccc4c4ccc5c6ccn(-c7ccccc7)c6ccc5c43)c2)cc1. The summed E-state index contributed by atoms with van der Waals surface area (Å²) in [4.78, 5) is 5.34. The molecule has 9 rings (SSSR count). The Morgan fingerprint density at radius 1 is 0.409 bits per heavy atom. The molecule has 0 aliphatic heterocycles. The Kier molecular flexibility index (Phi) is 5.50. The van der Waals surface area contributed by atoms with Crippen molar-refractivity contribution in [1.82, 2.24) is 14.1 Å². The molecule has 44 heavy (non-hydrogen) atoms. The lowest BCUT2D eigenvalue weighted by Crippen LogP contribution is -2.00. The number of hydrogen-bond donors (Lipinski definition) is 0. The van der Waals surface area contributed by atoms with E-state index in [2.05, 4.69) is 173 Å². The Labute approximate surface area is 254 Å². The second kappa shape index (κ2) is 9.82. The van der Waals surface area contributed by atoms with Gasteiger partial charge in [0.05, 0.1) is 22.2 Å². The van der Waals surface area contributed by atoms with Crippen molar-refractivity contribution in [3.8, 4) is 33.9 Å². The molecule has 9 aromatic rings. The summed E-state index contributed by atoms with van der Waals surface area (Å²) >= 11 is 0. The Morgan fingerprint density at radius 3 is 1.82 bits per heavy atom. The molecule has 0 bridgehead atoms. The van der Waals surface area contributed by atoms with Gasteiger partial charge in [0, 0.05) is 39.0 Å². The van der Waals surface area contributed by atoms with Crippen molar-refractivity contribution in [2.24, 2.45) is 0 Å². The maximum absolute atomic E-state index is 5.34. The van der Waals surface area contributed by atoms with Gasteiger partial charge >= 0.3 is 0 Å². The molecule has 0 atom stereocenters. The van der Waals surface area contributed by atoms with E-state index in [0.717, 1.165) is 33.8 Å². The molecule has 6 aromatic carbocycles. The van der Waals surface area contributed by atoms with Crippen LogP contribution in [0.3, 0.4) is 0 Å². The van der Waals surface area contributed by atoms with E-state index in [1.54, 1.807) is 0 Å². The molecule has 3 nitrogen and oxygen atoms in total. The van der Waals surface area contributed by atoms with Crippen molar-refractivity contribution in [1.29, 1.82) is 0 Å². The van der Waals surface area contributed by atoms with Crippen molar-refractivity contribution in [3.63, 3.8) is 0 Å². The molecule has 0 unspecified atom stereocenters. The molecule has 206 valence electrons. The Morgan fingerprint density at radius 2 is 1.02 bits per heavy atom. The average Bonchev–Trinajstić information content (AvgIpc) is 3.69. The van der Waals surface area contributed by atoms with Crippen LogP contribution in [0.2, 0.25) is 0 Å². The average molecular weight is 562 g/mol. The summed E-state index contributed by atoms with van der Waals surface area (Å²) in [6.45, 7) is 0. The van der Waals surface area contributed by atoms with Crippen molar-refractivity contribution in [2.75, 3.05) is 0 Å². The van der Waals surface area contributed by atoms with Crippen LogP contribution < -0.4 is 0 Å². The third-order valence-electron chi connectivity index (χ3n) is 8.75. The highest BCUT2D eigenvalue weighted by Crippen LogP contribution is 2.40. The van der Waals surface area contributed by atoms with Gasteiger partial charge < -0.3 is 4.57 Å². The van der Waals surface area contributed by atoms with Crippen LogP contribution in [0.5, 0.6) is 0 Å². The molecule has 3 aromatic heterocycles. The Hall–Kier alpha value is -5.93. The van der Waals surface area contributed by atoms with E-state index in [-0.39, 0.29) is 0 Å². The molecule has 0 saturated carbocycles. The van der Waals surface area contributed by atoms with Gasteiger partial charge in [-0.15, -0.1) is 0 Å². The van der Waals surface area contributed by atoms with Crippen molar-refractivity contribution < 1.29 is 0 Å². The van der Waals surface area contributed by atoms with E-state index in [9.17, 15) is 0 Å². The quantitative estimate of drug-likeness (QED) is 0.210. The van der Waals surface area contributed by atoms with Crippen LogP contribution in [0.15, 0.2) is 164 Å². The molecule has 0 amide bonds. The number of para-hydroxylation sites is 2. The summed E-state index contributed by atoms with van der Waals surface area (Å²) in [7, 11) is 0. The Bertz CT molecular complexity index is 2410.